The number of nitrogens with zero attached hydrogens (tertiary/aromatic N) is 2. The van der Waals surface area contributed by atoms with Crippen molar-refractivity contribution in [3.63, 3.8) is 0 Å². The molecule has 0 aromatic heterocycles. The van der Waals surface area contributed by atoms with E-state index >= 15 is 0 Å². The van der Waals surface area contributed by atoms with Crippen LogP contribution in [0.3, 0.4) is 0 Å². The molecule has 1 fully saturated rings. The van der Waals surface area contributed by atoms with Gasteiger partial charge in [0.05, 0.1) is 17.5 Å². The molecule has 2 heteroatoms. The minimum Gasteiger partial charge on any atom is -0.289 e. The van der Waals surface area contributed by atoms with Crippen LogP contribution >= 0.6 is 0 Å². The highest BCUT2D eigenvalue weighted by Gasteiger charge is 2.49. The largest absolute Gasteiger partial charge is 0.289 e. The summed E-state index contributed by atoms with van der Waals surface area (Å²) in [4.78, 5) is 10.5. The second-order valence-corrected chi connectivity index (χ2v) is 10.2. The van der Waals surface area contributed by atoms with Gasteiger partial charge in [-0.05, 0) is 48.9 Å². The van der Waals surface area contributed by atoms with E-state index in [0.717, 1.165) is 12.8 Å². The summed E-state index contributed by atoms with van der Waals surface area (Å²) in [6.45, 7) is 4.38. The van der Waals surface area contributed by atoms with Gasteiger partial charge < -0.3 is 0 Å². The van der Waals surface area contributed by atoms with Crippen LogP contribution in [0.1, 0.15) is 72.9 Å². The predicted octanol–water partition coefficient (Wildman–Crippen LogP) is 9.00. The zero-order valence-corrected chi connectivity index (χ0v) is 21.8. The molecule has 0 amide bonds. The third kappa shape index (κ3) is 5.49. The molecule has 0 saturated heterocycles. The summed E-state index contributed by atoms with van der Waals surface area (Å²) in [7, 11) is 0. The minimum absolute atomic E-state index is 0.0754. The Balaban J connectivity index is 1.62. The highest BCUT2D eigenvalue weighted by Crippen LogP contribution is 2.56. The van der Waals surface area contributed by atoms with Crippen molar-refractivity contribution < 1.29 is 0 Å². The quantitative estimate of drug-likeness (QED) is 0.223. The number of benzene rings is 4. The number of hydrogen-bond donors (Lipinski definition) is 0. The number of rotatable bonds is 8. The summed E-state index contributed by atoms with van der Waals surface area (Å²) in [6.07, 6.45) is 6.71. The molecule has 0 N–H and O–H groups in total. The van der Waals surface area contributed by atoms with Crippen LogP contribution < -0.4 is 0 Å². The molecule has 5 rings (SSSR count). The van der Waals surface area contributed by atoms with Crippen molar-refractivity contribution >= 4 is 12.4 Å². The molecule has 0 unspecified atom stereocenters. The van der Waals surface area contributed by atoms with Gasteiger partial charge in [-0.15, -0.1) is 0 Å². The summed E-state index contributed by atoms with van der Waals surface area (Å²) in [6, 6.07) is 43.2. The fourth-order valence-electron chi connectivity index (χ4n) is 5.87. The van der Waals surface area contributed by atoms with Crippen molar-refractivity contribution in [1.29, 1.82) is 0 Å². The molecule has 1 aliphatic carbocycles. The molecule has 4 aromatic carbocycles. The van der Waals surface area contributed by atoms with Gasteiger partial charge in [0, 0.05) is 24.3 Å². The minimum atomic E-state index is -0.325. The van der Waals surface area contributed by atoms with Crippen LogP contribution in [0, 0.1) is 5.41 Å². The summed E-state index contributed by atoms with van der Waals surface area (Å²) < 4.78 is 0. The van der Waals surface area contributed by atoms with Crippen LogP contribution in [-0.2, 0) is 0 Å². The van der Waals surface area contributed by atoms with E-state index in [1.807, 2.05) is 0 Å². The lowest BCUT2D eigenvalue weighted by atomic mass is 9.69. The van der Waals surface area contributed by atoms with Gasteiger partial charge in [-0.25, -0.2) is 0 Å². The summed E-state index contributed by atoms with van der Waals surface area (Å²) >= 11 is 0. The van der Waals surface area contributed by atoms with E-state index in [2.05, 4.69) is 148 Å². The van der Waals surface area contributed by atoms with Crippen LogP contribution in [0.25, 0.3) is 0 Å². The van der Waals surface area contributed by atoms with Crippen LogP contribution in [0.4, 0.5) is 0 Å². The zero-order valence-electron chi connectivity index (χ0n) is 21.8. The van der Waals surface area contributed by atoms with Crippen molar-refractivity contribution in [3.8, 4) is 0 Å². The Labute approximate surface area is 221 Å². The lowest BCUT2D eigenvalue weighted by Crippen LogP contribution is -2.34. The van der Waals surface area contributed by atoms with Gasteiger partial charge in [-0.1, -0.05) is 121 Å². The van der Waals surface area contributed by atoms with E-state index < -0.39 is 0 Å². The van der Waals surface area contributed by atoms with Crippen LogP contribution in [-0.4, -0.2) is 12.4 Å². The fourth-order valence-corrected chi connectivity index (χ4v) is 5.87. The van der Waals surface area contributed by atoms with Gasteiger partial charge in [0.15, 0.2) is 0 Å². The molecule has 4 atom stereocenters. The molecule has 0 bridgehead atoms. The maximum absolute atomic E-state index is 5.23. The smallest absolute Gasteiger partial charge is 0.0717 e. The van der Waals surface area contributed by atoms with Crippen LogP contribution in [0.2, 0.25) is 0 Å². The third-order valence-electron chi connectivity index (χ3n) is 7.96. The van der Waals surface area contributed by atoms with Crippen LogP contribution in [0.15, 0.2) is 131 Å². The first kappa shape index (κ1) is 24.9. The average Bonchev–Trinajstić information content (AvgIpc) is 3.35. The van der Waals surface area contributed by atoms with Gasteiger partial charge in [0.2, 0.25) is 0 Å². The van der Waals surface area contributed by atoms with Crippen LogP contribution in [0.5, 0.6) is 0 Å². The van der Waals surface area contributed by atoms with E-state index in [0.29, 0.717) is 11.8 Å². The lowest BCUT2D eigenvalue weighted by molar-refractivity contribution is 0.484. The highest BCUT2D eigenvalue weighted by atomic mass is 14.8. The Morgan fingerprint density at radius 1 is 0.541 bits per heavy atom. The Kier molecular flexibility index (Phi) is 7.75. The topological polar surface area (TPSA) is 24.7 Å². The molecule has 0 spiro atoms. The SMILES string of the molecule is C[C@H](N=CC1(C=N[C@@H](C)c2ccccc2)[C@@H](c2ccccc2)CC[C@@H]1c1ccccc1)c1ccccc1. The Morgan fingerprint density at radius 2 is 0.865 bits per heavy atom. The second kappa shape index (κ2) is 11.5. The van der Waals surface area contributed by atoms with E-state index in [-0.39, 0.29) is 17.5 Å². The molecule has 0 aliphatic heterocycles. The van der Waals surface area contributed by atoms with Gasteiger partial charge in [0.1, 0.15) is 0 Å². The maximum atomic E-state index is 5.23. The molecule has 186 valence electrons. The highest BCUT2D eigenvalue weighted by molar-refractivity contribution is 5.93. The summed E-state index contributed by atoms with van der Waals surface area (Å²) in [5.74, 6) is 0.606. The first-order chi connectivity index (χ1) is 18.2. The molecule has 4 aromatic rings. The van der Waals surface area contributed by atoms with E-state index in [1.54, 1.807) is 0 Å². The first-order valence-electron chi connectivity index (χ1n) is 13.5. The summed E-state index contributed by atoms with van der Waals surface area (Å²) in [5.41, 5.74) is 4.86. The maximum Gasteiger partial charge on any atom is 0.0717 e. The van der Waals surface area contributed by atoms with Gasteiger partial charge >= 0.3 is 0 Å². The molecule has 1 aliphatic rings. The van der Waals surface area contributed by atoms with Gasteiger partial charge in [-0.3, -0.25) is 9.98 Å². The molecule has 2 nitrogen and oxygen atoms in total. The second-order valence-electron chi connectivity index (χ2n) is 10.2. The van der Waals surface area contributed by atoms with Crippen molar-refractivity contribution in [3.05, 3.63) is 144 Å². The lowest BCUT2D eigenvalue weighted by Gasteiger charge is -2.35. The monoisotopic (exact) mass is 484 g/mol. The van der Waals surface area contributed by atoms with Crippen molar-refractivity contribution in [2.45, 2.75) is 50.6 Å². The van der Waals surface area contributed by atoms with Crippen molar-refractivity contribution in [1.82, 2.24) is 0 Å². The predicted molar refractivity (Wildman–Crippen MR) is 157 cm³/mol. The third-order valence-corrected chi connectivity index (χ3v) is 7.96. The fraction of sp³-hybridized carbons (Fsp3) is 0.257. The van der Waals surface area contributed by atoms with Gasteiger partial charge in [0.25, 0.3) is 0 Å². The molecule has 37 heavy (non-hydrogen) atoms. The van der Waals surface area contributed by atoms with Gasteiger partial charge in [-0.2, -0.15) is 0 Å². The molecular formula is C35H36N2. The Morgan fingerprint density at radius 3 is 1.22 bits per heavy atom. The molecular weight excluding hydrogens is 448 g/mol. The molecule has 1 saturated carbocycles. The Hall–Kier alpha value is -3.78. The Bertz CT molecular complexity index is 1190. The first-order valence-corrected chi connectivity index (χ1v) is 13.5. The van der Waals surface area contributed by atoms with Crippen molar-refractivity contribution in [2.24, 2.45) is 15.4 Å². The van der Waals surface area contributed by atoms with E-state index in [1.165, 1.54) is 22.3 Å². The number of aliphatic imine (C=N–C) groups is 2. The molecule has 0 heterocycles. The van der Waals surface area contributed by atoms with Crippen molar-refractivity contribution in [2.75, 3.05) is 0 Å². The molecule has 0 radical (unpaired) electrons. The summed E-state index contributed by atoms with van der Waals surface area (Å²) in [5, 5.41) is 0. The van der Waals surface area contributed by atoms with E-state index in [9.17, 15) is 0 Å². The normalized spacial score (nSPS) is 20.8. The average molecular weight is 485 g/mol. The van der Waals surface area contributed by atoms with E-state index in [4.69, 9.17) is 9.98 Å². The zero-order chi connectivity index (χ0) is 25.5. The standard InChI is InChI=1S/C35H36N2/c1-27(29-15-7-3-8-16-29)36-25-35(26-37-28(2)30-17-9-4-10-18-30)33(31-19-11-5-12-20-31)23-24-34(35)32-21-13-6-14-22-32/h3-22,25-28,33-34H,23-24H2,1-2H3/t27-,28-,33+,34+/m0/s1. The number of hydrogen-bond acceptors (Lipinski definition) is 2.